The van der Waals surface area contributed by atoms with Gasteiger partial charge < -0.3 is 29.7 Å². The van der Waals surface area contributed by atoms with Crippen LogP contribution >= 0.6 is 0 Å². The first-order chi connectivity index (χ1) is 59.8. The molecule has 0 spiro atoms. The lowest BCUT2D eigenvalue weighted by Gasteiger charge is -2.11. The normalized spacial score (nSPS) is 17.6. The van der Waals surface area contributed by atoms with Crippen LogP contribution in [0.3, 0.4) is 0 Å². The summed E-state index contributed by atoms with van der Waals surface area (Å²) in [5, 5.41) is 17.9. The van der Waals surface area contributed by atoms with E-state index in [-0.39, 0.29) is 0 Å². The molecule has 3 unspecified atom stereocenters. The Morgan fingerprint density at radius 1 is 0.223 bits per heavy atom. The van der Waals surface area contributed by atoms with Crippen LogP contribution in [0.25, 0.3) is 99.0 Å². The summed E-state index contributed by atoms with van der Waals surface area (Å²) in [4.78, 5) is 68.6. The summed E-state index contributed by atoms with van der Waals surface area (Å²) < 4.78 is 7.30. The molecule has 13 heterocycles. The molecule has 0 saturated heterocycles. The lowest BCUT2D eigenvalue weighted by Crippen LogP contribution is -2.21. The first kappa shape index (κ1) is 65.8. The predicted molar refractivity (Wildman–Crippen MR) is 486 cm³/mol. The number of nitrogens with one attached hydrogen (secondary N) is 3. The van der Waals surface area contributed by atoms with Crippen LogP contribution in [0.15, 0.2) is 368 Å². The van der Waals surface area contributed by atoms with E-state index >= 15 is 0 Å². The number of nitrogens with zero attached hydrogens (tertiary/aromatic N) is 16. The summed E-state index contributed by atoms with van der Waals surface area (Å²) in [6, 6.07) is 107. The Morgan fingerprint density at radius 3 is 0.942 bits per heavy atom. The van der Waals surface area contributed by atoms with E-state index in [1.165, 1.54) is 21.8 Å². The van der Waals surface area contributed by atoms with Crippen molar-refractivity contribution < 1.29 is 0 Å². The Labute approximate surface area is 689 Å². The van der Waals surface area contributed by atoms with E-state index in [0.717, 1.165) is 173 Å². The number of hydrogen-bond donors (Lipinski definition) is 3. The maximum Gasteiger partial charge on any atom is 0.164 e. The predicted octanol–water partition coefficient (Wildman–Crippen LogP) is 19.2. The van der Waals surface area contributed by atoms with Crippen molar-refractivity contribution >= 4 is 141 Å². The van der Waals surface area contributed by atoms with E-state index in [9.17, 15) is 0 Å². The van der Waals surface area contributed by atoms with Crippen LogP contribution in [0.4, 0.5) is 0 Å². The van der Waals surface area contributed by atoms with Gasteiger partial charge in [-0.15, -0.1) is 0 Å². The van der Waals surface area contributed by atoms with Crippen LogP contribution in [0, 0.1) is 0 Å². The van der Waals surface area contributed by atoms with Gasteiger partial charge in [-0.05, 0) is 120 Å². The van der Waals surface area contributed by atoms with Gasteiger partial charge in [-0.3, -0.25) is 0 Å². The van der Waals surface area contributed by atoms with E-state index in [0.29, 0.717) is 75.9 Å². The fourth-order valence-electron chi connectivity index (χ4n) is 19.6. The van der Waals surface area contributed by atoms with Gasteiger partial charge in [0.2, 0.25) is 0 Å². The van der Waals surface area contributed by atoms with Crippen LogP contribution in [-0.2, 0) is 6.54 Å². The van der Waals surface area contributed by atoms with Gasteiger partial charge in [0, 0.05) is 150 Å². The Balaban J connectivity index is 0.552. The average Bonchev–Trinajstić information content (AvgIpc) is 1.57. The van der Waals surface area contributed by atoms with E-state index in [1.54, 1.807) is 0 Å². The number of aromatic nitrogens is 3. The monoisotopic (exact) mass is 1550 g/mol. The number of fused-ring (bicyclic) bond motifs is 44. The van der Waals surface area contributed by atoms with Crippen LogP contribution in [0.5, 0.6) is 0 Å². The molecule has 27 rings (SSSR count). The summed E-state index contributed by atoms with van der Waals surface area (Å²) in [6.45, 7) is 3.04. The van der Waals surface area contributed by atoms with E-state index in [1.807, 2.05) is 84.9 Å². The molecular weight excluding hydrogens is 1490 g/mol. The van der Waals surface area contributed by atoms with Crippen molar-refractivity contribution in [2.45, 2.75) is 32.0 Å². The zero-order valence-electron chi connectivity index (χ0n) is 64.5. The van der Waals surface area contributed by atoms with Crippen molar-refractivity contribution in [2.24, 2.45) is 64.9 Å². The van der Waals surface area contributed by atoms with Gasteiger partial charge in [-0.25, -0.2) is 64.9 Å². The van der Waals surface area contributed by atoms with E-state index < -0.39 is 18.5 Å². The molecule has 3 aromatic heterocycles. The smallest absolute Gasteiger partial charge is 0.164 e. The number of rotatable bonds is 5. The third-order valence-electron chi connectivity index (χ3n) is 25.1. The molecule has 0 fully saturated rings. The number of para-hydroxylation sites is 2. The van der Waals surface area contributed by atoms with Crippen LogP contribution < -0.4 is 16.0 Å². The fourth-order valence-corrected chi connectivity index (χ4v) is 19.6. The zero-order valence-corrected chi connectivity index (χ0v) is 64.5. The first-order valence-electron chi connectivity index (χ1n) is 40.8. The molecule has 3 N–H and O–H groups in total. The average molecular weight is 1550 g/mol. The van der Waals surface area contributed by atoms with Crippen LogP contribution in [-0.4, -0.2) is 89.6 Å². The minimum Gasteiger partial charge on any atom is -0.344 e. The van der Waals surface area contributed by atoms with Crippen LogP contribution in [0.2, 0.25) is 0 Å². The SMILES string of the molecule is CCn1c2ccc(-n3c4ccccc4c4cc(-c5ccc6c(c5)C5=NC7=NC(=NC8NC(=NC9=NC(=NC6=N5)c5ccccc59)c5ccccc58)c5ccccc57)ccc43)cc2c2cc(-n3c4ccccc4c4cc(-c5ccc6c(c5)C5N=C7N=C(N=C8NC(N=C9N=C(N=C6N5)c5ccccc59)c5ccccc58)c5ccccc57)ccc43)ccc21. The number of aliphatic imine (C=N–C) groups is 13. The first-order valence-corrected chi connectivity index (χ1v) is 40.8. The molecule has 10 aliphatic rings. The minimum absolute atomic E-state index is 0.427. The molecule has 0 saturated carbocycles. The lowest BCUT2D eigenvalue weighted by molar-refractivity contribution is 0.711. The highest BCUT2D eigenvalue weighted by atomic mass is 15.2. The maximum absolute atomic E-state index is 5.50. The number of benzene rings is 14. The van der Waals surface area contributed by atoms with Gasteiger partial charge in [-0.1, -0.05) is 212 Å². The van der Waals surface area contributed by atoms with Crippen molar-refractivity contribution in [1.82, 2.24) is 29.7 Å². The molecule has 121 heavy (non-hydrogen) atoms. The van der Waals surface area contributed by atoms with Crippen molar-refractivity contribution in [2.75, 3.05) is 0 Å². The second kappa shape index (κ2) is 24.8. The third-order valence-corrected chi connectivity index (χ3v) is 25.1. The van der Waals surface area contributed by atoms with Gasteiger partial charge in [0.25, 0.3) is 0 Å². The molecule has 16 bridgehead atoms. The molecule has 17 aromatic rings. The third kappa shape index (κ3) is 9.72. The molecule has 0 radical (unpaired) electrons. The number of aryl methyl sites for hydroxylation is 1. The minimum atomic E-state index is -0.548. The van der Waals surface area contributed by atoms with Gasteiger partial charge in [-0.2, -0.15) is 0 Å². The van der Waals surface area contributed by atoms with E-state index in [2.05, 4.69) is 255 Å². The van der Waals surface area contributed by atoms with Crippen molar-refractivity contribution in [3.63, 3.8) is 0 Å². The Bertz CT molecular complexity index is 8190. The molecule has 19 heteroatoms. The molecular formula is C102H61N19. The summed E-state index contributed by atoms with van der Waals surface area (Å²) >= 11 is 0. The van der Waals surface area contributed by atoms with Crippen molar-refractivity contribution in [3.05, 3.63) is 392 Å². The Morgan fingerprint density at radius 2 is 0.512 bits per heavy atom. The van der Waals surface area contributed by atoms with Gasteiger partial charge >= 0.3 is 0 Å². The van der Waals surface area contributed by atoms with Crippen molar-refractivity contribution in [3.8, 4) is 33.6 Å². The zero-order chi connectivity index (χ0) is 79.0. The summed E-state index contributed by atoms with van der Waals surface area (Å²) in [6.07, 6.45) is -1.42. The quantitative estimate of drug-likeness (QED) is 0.154. The van der Waals surface area contributed by atoms with Crippen LogP contribution in [0.1, 0.15) is 114 Å². The fraction of sp³-hybridized carbons (Fsp3) is 0.0490. The molecule has 0 aliphatic carbocycles. The maximum atomic E-state index is 5.50. The molecule has 0 amide bonds. The highest BCUT2D eigenvalue weighted by Gasteiger charge is 2.38. The Hall–Kier alpha value is -16.4. The number of amidine groups is 13. The molecule has 564 valence electrons. The summed E-state index contributed by atoms with van der Waals surface area (Å²) in [5.74, 6) is 7.61. The molecule has 3 atom stereocenters. The molecule has 10 aliphatic heterocycles. The highest BCUT2D eigenvalue weighted by Crippen LogP contribution is 2.45. The van der Waals surface area contributed by atoms with Gasteiger partial charge in [0.05, 0.1) is 22.1 Å². The van der Waals surface area contributed by atoms with E-state index in [4.69, 9.17) is 64.9 Å². The summed E-state index contributed by atoms with van der Waals surface area (Å²) in [7, 11) is 0. The summed E-state index contributed by atoms with van der Waals surface area (Å²) in [5.41, 5.74) is 27.8. The second-order valence-corrected chi connectivity index (χ2v) is 31.7. The lowest BCUT2D eigenvalue weighted by atomic mass is 9.98. The van der Waals surface area contributed by atoms with Gasteiger partial charge in [0.15, 0.2) is 58.4 Å². The second-order valence-electron chi connectivity index (χ2n) is 31.7. The largest absolute Gasteiger partial charge is 0.344 e. The highest BCUT2D eigenvalue weighted by molar-refractivity contribution is 6.34. The Kier molecular flexibility index (Phi) is 13.5. The molecule has 14 aromatic carbocycles. The van der Waals surface area contributed by atoms with Crippen molar-refractivity contribution in [1.29, 1.82) is 0 Å². The standard InChI is InChI=1S/C102H61N19/c1-2-119-81-45-39-57(120-83-33-17-15-19-59(83)75-47-55(37-43-85(75)120)53-35-41-73-79(49-53)101-115-97-71-31-13-11-29-69(71)93(111-97)107-89-63-23-5-3-21-61(63)87(103-89)105-91-65-25-7-9-27-67(65)95(109-91)113-99(73)117-101)51-77(81)78-52-58(40-46-82(78)119)121-84-34-18-16-20-60(84)76-48-56(38-44-86(76)121)54-36-42-74-80(50-54)102-116-98-72-32-14-12-30-70(72)94(112-98)108-90-64-24-6-4-22-62(64)88(104-90)106-92-66-26-8-10-28-68(66)96(110-92)114-100(74)118-102/h3-52,87,90,101H,2H2,1H3,(H,103,107,111,115)(H,105,109,113,117)(H,104,106,108,110,112,114,116,118). The molecule has 19 nitrogen and oxygen atoms in total. The number of hydrogen-bond acceptors (Lipinski definition) is 16. The van der Waals surface area contributed by atoms with Gasteiger partial charge in [0.1, 0.15) is 36.0 Å². The topological polar surface area (TPSA) is 212 Å².